The molecular weight excluding hydrogens is 116 g/mol. The molecule has 1 aliphatic carbocycles. The van der Waals surface area contributed by atoms with E-state index in [-0.39, 0.29) is 6.10 Å². The average molecular weight is 128 g/mol. The van der Waals surface area contributed by atoms with Gasteiger partial charge in [0.15, 0.2) is 6.29 Å². The molecule has 0 radical (unpaired) electrons. The third-order valence-electron chi connectivity index (χ3n) is 1.34. The van der Waals surface area contributed by atoms with Gasteiger partial charge >= 0.3 is 0 Å². The van der Waals surface area contributed by atoms with Crippen molar-refractivity contribution in [3.05, 3.63) is 12.2 Å². The summed E-state index contributed by atoms with van der Waals surface area (Å²) in [5.41, 5.74) is 0. The zero-order chi connectivity index (χ0) is 6.69. The Labute approximate surface area is 55.1 Å². The van der Waals surface area contributed by atoms with E-state index in [9.17, 15) is 0 Å². The van der Waals surface area contributed by atoms with Crippen molar-refractivity contribution in [1.29, 1.82) is 0 Å². The molecule has 1 aliphatic rings. The second-order valence-electron chi connectivity index (χ2n) is 2.28. The van der Waals surface area contributed by atoms with Gasteiger partial charge in [-0.25, -0.2) is 0 Å². The van der Waals surface area contributed by atoms with Gasteiger partial charge in [-0.15, -0.1) is 0 Å². The summed E-state index contributed by atoms with van der Waals surface area (Å²) in [5, 5.41) is 8.76. The Hall–Kier alpha value is -0.340. The van der Waals surface area contributed by atoms with Gasteiger partial charge in [-0.3, -0.25) is 0 Å². The molecule has 9 heavy (non-hydrogen) atoms. The van der Waals surface area contributed by atoms with E-state index in [0.29, 0.717) is 0 Å². The number of aliphatic hydroxyl groups is 1. The number of rotatable bonds is 2. The molecule has 2 atom stereocenters. The minimum absolute atomic E-state index is 0.157. The van der Waals surface area contributed by atoms with Crippen LogP contribution in [0.15, 0.2) is 12.2 Å². The Morgan fingerprint density at radius 1 is 1.78 bits per heavy atom. The molecule has 0 aliphatic heterocycles. The van der Waals surface area contributed by atoms with Crippen LogP contribution in [-0.2, 0) is 4.74 Å². The molecule has 0 heterocycles. The minimum Gasteiger partial charge on any atom is -0.368 e. The molecule has 0 fully saturated rings. The molecule has 0 aromatic carbocycles. The smallest absolute Gasteiger partial charge is 0.152 e. The first-order valence-corrected chi connectivity index (χ1v) is 3.29. The Balaban J connectivity index is 2.20. The van der Waals surface area contributed by atoms with Crippen molar-refractivity contribution < 1.29 is 9.84 Å². The summed E-state index contributed by atoms with van der Waals surface area (Å²) >= 11 is 0. The molecule has 0 bridgehead atoms. The fraction of sp³-hybridized carbons (Fsp3) is 0.714. The number of allylic oxidation sites excluding steroid dienone is 1. The highest BCUT2D eigenvalue weighted by Gasteiger charge is 2.10. The molecule has 2 unspecified atom stereocenters. The first-order valence-electron chi connectivity index (χ1n) is 3.29. The SMILES string of the molecule is CC(O)OC1C=CCC1. The van der Waals surface area contributed by atoms with Crippen molar-refractivity contribution in [2.24, 2.45) is 0 Å². The maximum absolute atomic E-state index is 8.76. The summed E-state index contributed by atoms with van der Waals surface area (Å²) < 4.78 is 5.08. The summed E-state index contributed by atoms with van der Waals surface area (Å²) in [6.07, 6.45) is 5.70. The summed E-state index contributed by atoms with van der Waals surface area (Å²) in [7, 11) is 0. The van der Waals surface area contributed by atoms with Crippen LogP contribution in [-0.4, -0.2) is 17.5 Å². The van der Waals surface area contributed by atoms with E-state index >= 15 is 0 Å². The highest BCUT2D eigenvalue weighted by molar-refractivity contribution is 4.97. The maximum atomic E-state index is 8.76. The molecule has 1 N–H and O–H groups in total. The summed E-state index contributed by atoms with van der Waals surface area (Å²) in [4.78, 5) is 0. The molecule has 0 aromatic rings. The standard InChI is InChI=1S/C7H12O2/c1-6(8)9-7-4-2-3-5-7/h2,4,6-8H,3,5H2,1H3. The number of hydrogen-bond donors (Lipinski definition) is 1. The van der Waals surface area contributed by atoms with Crippen LogP contribution in [0.5, 0.6) is 0 Å². The first kappa shape index (κ1) is 6.78. The van der Waals surface area contributed by atoms with Crippen molar-refractivity contribution in [1.82, 2.24) is 0 Å². The molecule has 0 saturated heterocycles. The topological polar surface area (TPSA) is 29.5 Å². The zero-order valence-electron chi connectivity index (χ0n) is 5.58. The molecule has 0 aromatic heterocycles. The number of ether oxygens (including phenoxy) is 1. The van der Waals surface area contributed by atoms with Crippen molar-refractivity contribution in [3.63, 3.8) is 0 Å². The van der Waals surface area contributed by atoms with Crippen molar-refractivity contribution in [2.45, 2.75) is 32.2 Å². The second-order valence-corrected chi connectivity index (χ2v) is 2.28. The summed E-state index contributed by atoms with van der Waals surface area (Å²) in [6.45, 7) is 1.63. The average Bonchev–Trinajstić information content (AvgIpc) is 2.15. The monoisotopic (exact) mass is 128 g/mol. The van der Waals surface area contributed by atoms with E-state index in [1.807, 2.05) is 6.08 Å². The van der Waals surface area contributed by atoms with Crippen LogP contribution in [0.3, 0.4) is 0 Å². The Morgan fingerprint density at radius 2 is 2.56 bits per heavy atom. The van der Waals surface area contributed by atoms with Crippen LogP contribution in [0.4, 0.5) is 0 Å². The van der Waals surface area contributed by atoms with Gasteiger partial charge in [-0.2, -0.15) is 0 Å². The molecule has 0 saturated carbocycles. The number of aliphatic hydroxyl groups excluding tert-OH is 1. The predicted molar refractivity (Wildman–Crippen MR) is 34.9 cm³/mol. The lowest BCUT2D eigenvalue weighted by Crippen LogP contribution is -2.14. The maximum Gasteiger partial charge on any atom is 0.152 e. The Morgan fingerprint density at radius 3 is 3.00 bits per heavy atom. The zero-order valence-corrected chi connectivity index (χ0v) is 5.58. The molecular formula is C7H12O2. The third kappa shape index (κ3) is 2.16. The van der Waals surface area contributed by atoms with Gasteiger partial charge in [0, 0.05) is 0 Å². The van der Waals surface area contributed by atoms with Crippen LogP contribution >= 0.6 is 0 Å². The lowest BCUT2D eigenvalue weighted by Gasteiger charge is -2.11. The van der Waals surface area contributed by atoms with Crippen LogP contribution in [0.25, 0.3) is 0 Å². The van der Waals surface area contributed by atoms with Crippen LogP contribution in [0.2, 0.25) is 0 Å². The van der Waals surface area contributed by atoms with Crippen molar-refractivity contribution >= 4 is 0 Å². The van der Waals surface area contributed by atoms with Gasteiger partial charge in [0.2, 0.25) is 0 Å². The largest absolute Gasteiger partial charge is 0.368 e. The fourth-order valence-electron chi connectivity index (χ4n) is 0.971. The number of hydrogen-bond acceptors (Lipinski definition) is 2. The van der Waals surface area contributed by atoms with E-state index in [0.717, 1.165) is 12.8 Å². The van der Waals surface area contributed by atoms with Crippen molar-refractivity contribution in [2.75, 3.05) is 0 Å². The Kier molecular flexibility index (Phi) is 2.25. The molecule has 2 heteroatoms. The molecule has 0 amide bonds. The fourth-order valence-corrected chi connectivity index (χ4v) is 0.971. The molecule has 0 spiro atoms. The minimum atomic E-state index is -0.627. The second kappa shape index (κ2) is 2.99. The van der Waals surface area contributed by atoms with Crippen molar-refractivity contribution in [3.8, 4) is 0 Å². The van der Waals surface area contributed by atoms with Crippen LogP contribution < -0.4 is 0 Å². The molecule has 52 valence electrons. The Bertz CT molecular complexity index is 107. The van der Waals surface area contributed by atoms with E-state index in [4.69, 9.17) is 9.84 Å². The van der Waals surface area contributed by atoms with Gasteiger partial charge in [0.25, 0.3) is 0 Å². The van der Waals surface area contributed by atoms with Gasteiger partial charge in [-0.1, -0.05) is 12.2 Å². The highest BCUT2D eigenvalue weighted by atomic mass is 16.6. The molecule has 1 rings (SSSR count). The quantitative estimate of drug-likeness (QED) is 0.445. The molecule has 2 nitrogen and oxygen atoms in total. The van der Waals surface area contributed by atoms with Crippen LogP contribution in [0, 0.1) is 0 Å². The third-order valence-corrected chi connectivity index (χ3v) is 1.34. The van der Waals surface area contributed by atoms with E-state index < -0.39 is 6.29 Å². The summed E-state index contributed by atoms with van der Waals surface area (Å²) in [5.74, 6) is 0. The van der Waals surface area contributed by atoms with Gasteiger partial charge in [0.05, 0.1) is 6.10 Å². The lowest BCUT2D eigenvalue weighted by molar-refractivity contribution is -0.108. The van der Waals surface area contributed by atoms with Gasteiger partial charge in [0.1, 0.15) is 0 Å². The van der Waals surface area contributed by atoms with E-state index in [2.05, 4.69) is 6.08 Å². The van der Waals surface area contributed by atoms with Crippen LogP contribution in [0.1, 0.15) is 19.8 Å². The normalized spacial score (nSPS) is 28.9. The predicted octanol–water partition coefficient (Wildman–Crippen LogP) is 1.06. The van der Waals surface area contributed by atoms with E-state index in [1.165, 1.54) is 0 Å². The van der Waals surface area contributed by atoms with E-state index in [1.54, 1.807) is 6.92 Å². The lowest BCUT2D eigenvalue weighted by atomic mass is 10.3. The first-order chi connectivity index (χ1) is 4.29. The van der Waals surface area contributed by atoms with Gasteiger partial charge < -0.3 is 9.84 Å². The van der Waals surface area contributed by atoms with Gasteiger partial charge in [-0.05, 0) is 19.8 Å². The summed E-state index contributed by atoms with van der Waals surface area (Å²) in [6, 6.07) is 0. The highest BCUT2D eigenvalue weighted by Crippen LogP contribution is 2.13.